The first-order valence-electron chi connectivity index (χ1n) is 51.2. The minimum Gasteiger partial charge on any atom is -0.493 e. The fraction of sp³-hybridized carbons (Fsp3) is 0.525. The Bertz CT molecular complexity index is 6730. The molecule has 3 N–H and O–H groups in total. The zero-order valence-electron chi connectivity index (χ0n) is 86.6. The maximum absolute atomic E-state index is 12.9. The molecule has 0 amide bonds. The summed E-state index contributed by atoms with van der Waals surface area (Å²) in [7, 11) is 0. The molecule has 18 atom stereocenters. The highest BCUT2D eigenvalue weighted by Gasteiger charge is 2.62. The zero-order valence-corrected chi connectivity index (χ0v) is 86.6. The lowest BCUT2D eigenvalue weighted by Gasteiger charge is -2.59. The predicted molar refractivity (Wildman–Crippen MR) is 556 cm³/mol. The number of benzene rings is 5. The van der Waals surface area contributed by atoms with Gasteiger partial charge in [-0.25, -0.2) is 24.0 Å². The number of ether oxygens (including phenoxy) is 7. The average Bonchev–Trinajstić information content (AvgIpc) is 1.38. The molecule has 7 aliphatic carbocycles. The van der Waals surface area contributed by atoms with E-state index in [1.165, 1.54) is 71.0 Å². The first-order chi connectivity index (χ1) is 67.2. The highest BCUT2D eigenvalue weighted by molar-refractivity contribution is 5.95. The molecular formula is C120H148O22. The summed E-state index contributed by atoms with van der Waals surface area (Å²) in [6, 6.07) is 43.8. The van der Waals surface area contributed by atoms with E-state index in [9.17, 15) is 48.9 Å². The Labute approximate surface area is 833 Å². The van der Waals surface area contributed by atoms with Crippen LogP contribution in [-0.2, 0) is 19.1 Å². The number of hydrogen-bond donors (Lipinski definition) is 3. The van der Waals surface area contributed by atoms with Crippen molar-refractivity contribution in [2.24, 2.45) is 96.6 Å². The smallest absolute Gasteiger partial charge is 0.336 e. The van der Waals surface area contributed by atoms with Crippen molar-refractivity contribution in [3.05, 3.63) is 262 Å². The number of hydrogen-bond acceptors (Lipinski definition) is 22. The van der Waals surface area contributed by atoms with Gasteiger partial charge in [-0.05, 0) is 310 Å². The second kappa shape index (κ2) is 42.3. The van der Waals surface area contributed by atoms with E-state index in [0.717, 1.165) is 122 Å². The van der Waals surface area contributed by atoms with Crippen LogP contribution < -0.4 is 51.8 Å². The quantitative estimate of drug-likeness (QED) is 0.0246. The first-order valence-corrected chi connectivity index (χ1v) is 51.2. The number of allylic oxidation sites excluding steroid dienone is 5. The summed E-state index contributed by atoms with van der Waals surface area (Å²) in [5.74, 6) is 6.15. The SMILES string of the molecule is C/C(=C\COc1ccc2ccc(=O)oc2c1)CC[C@@H]1C(C)(C)[C@H]2CC[C@]1(C)O2.C=C1CC[C@@H]2C(C)(C)[C@H](O)CC[C@@]2(C)[C@H]1COc1ccc2ccc(=O)oc2c1.CC(C)=C1CC[C@H](C)[C@](C)(COc2ccc3ccc(=O)oc3c2)[C@H]1CCOC=O.CC1=CC(=O)[C@@H]2C(C)(C)[C@H](O)CC[C@@]2(C)[C@@H]1COc1ccc2ccc(=O)oc2c1.CC1=CC[C@@H]2C(C)(C)[C@@H](O)CC[C@@]2(C)[C@@H]1COc1ccc2ccc(=O)oc2c1. The average molecular weight is 1940 g/mol. The van der Waals surface area contributed by atoms with Crippen molar-refractivity contribution in [3.8, 4) is 28.7 Å². The van der Waals surface area contributed by atoms with Crippen LogP contribution in [-0.4, -0.2) is 97.2 Å². The van der Waals surface area contributed by atoms with Gasteiger partial charge in [-0.1, -0.05) is 136 Å². The number of rotatable bonds is 22. The van der Waals surface area contributed by atoms with Gasteiger partial charge in [0.2, 0.25) is 0 Å². The van der Waals surface area contributed by atoms with Crippen LogP contribution in [0.4, 0.5) is 0 Å². The van der Waals surface area contributed by atoms with Crippen molar-refractivity contribution < 1.29 is 80.2 Å². The Morgan fingerprint density at radius 3 is 1.30 bits per heavy atom. The van der Waals surface area contributed by atoms with Crippen LogP contribution in [0.1, 0.15) is 234 Å². The van der Waals surface area contributed by atoms with E-state index in [4.69, 9.17) is 55.2 Å². The number of aliphatic hydroxyl groups is 3. The van der Waals surface area contributed by atoms with Crippen LogP contribution in [0, 0.1) is 96.6 Å². The maximum atomic E-state index is 12.9. The standard InChI is InChI=1S/C24H28O5.C24H30O5.3C24H30O4/c1-14-11-18(25)22-23(2,3)20(26)9-10-24(22,4)17(14)13-28-16-7-5-15-6-8-21(27)29-19(15)12-16;1-16(2)20-9-5-17(3)24(4,21(20)11-12-27-15-25)14-28-19-8-6-18-7-10-23(26)29-22(18)13-19;1-16(5-9-20-23(2,3)21-11-13-24(20,4)28-21)12-14-26-18-8-6-17-7-10-22(25)27-19(17)15-18;2*1-15-5-9-20-23(2,3)21(25)11-12-24(20,4)18(15)14-27-17-8-6-16-7-10-22(26)28-19(16)13-17/h5-8,11-12,17,20,22,26H,9-10,13H2,1-4H3;6-8,10,13,15,17,21H,5,9,11-12,14H2,1-4H3;6-8,10,12,15,20-21H,5,9,11,13-14H2,1-4H3;5-8,10,13,18,20-21,25H,9,11-12,14H2,1-4H3;6-8,10,13,18,20-21,25H,1,5,9,11-12,14H2,2-4H3/b;;16-12+;;/t17-,20-,22-,24+;17-,21-,24-;20-,21-,24+;18-,20-,21+,24+;18-,20+,21+,24-/m10110/s1. The normalized spacial score (nSPS) is 29.7. The maximum Gasteiger partial charge on any atom is 0.336 e. The molecule has 5 aromatic heterocycles. The van der Waals surface area contributed by atoms with E-state index in [2.05, 4.69) is 130 Å². The molecule has 2 bridgehead atoms. The molecule has 7 fully saturated rings. The third kappa shape index (κ3) is 21.9. The number of aliphatic hydroxyl groups excluding tert-OH is 3. The van der Waals surface area contributed by atoms with E-state index >= 15 is 0 Å². The van der Waals surface area contributed by atoms with Crippen LogP contribution in [0.2, 0.25) is 0 Å². The topological polar surface area (TPSA) is 310 Å². The lowest BCUT2D eigenvalue weighted by Crippen LogP contribution is -2.58. The Kier molecular flexibility index (Phi) is 31.3. The third-order valence-corrected chi connectivity index (χ3v) is 35.8. The fourth-order valence-electron chi connectivity index (χ4n) is 26.9. The summed E-state index contributed by atoms with van der Waals surface area (Å²) in [4.78, 5) is 80.9. The number of carbonyl (C=O) groups is 2. The lowest BCUT2D eigenvalue weighted by molar-refractivity contribution is -0.152. The summed E-state index contributed by atoms with van der Waals surface area (Å²) in [6.45, 7) is 49.9. The van der Waals surface area contributed by atoms with Crippen LogP contribution in [0.15, 0.2) is 256 Å². The van der Waals surface area contributed by atoms with Crippen molar-refractivity contribution in [1.82, 2.24) is 0 Å². The molecule has 5 saturated carbocycles. The Morgan fingerprint density at radius 2 is 0.852 bits per heavy atom. The summed E-state index contributed by atoms with van der Waals surface area (Å²) in [5.41, 5.74) is 8.06. The van der Waals surface area contributed by atoms with Crippen molar-refractivity contribution in [2.45, 2.75) is 264 Å². The summed E-state index contributed by atoms with van der Waals surface area (Å²) >= 11 is 0. The number of fused-ring (bicyclic) bond motifs is 10. The molecule has 9 aliphatic rings. The lowest BCUT2D eigenvalue weighted by atomic mass is 9.47. The molecule has 0 radical (unpaired) electrons. The molecule has 5 aromatic carbocycles. The zero-order chi connectivity index (χ0) is 102. The second-order valence-electron chi connectivity index (χ2n) is 46.0. The number of ketones is 1. The van der Waals surface area contributed by atoms with Gasteiger partial charge < -0.3 is 70.6 Å². The fourth-order valence-corrected chi connectivity index (χ4v) is 26.9. The van der Waals surface area contributed by atoms with Crippen molar-refractivity contribution in [2.75, 3.05) is 39.6 Å². The van der Waals surface area contributed by atoms with Gasteiger partial charge in [0.05, 0.1) is 63.1 Å². The van der Waals surface area contributed by atoms with Gasteiger partial charge in [-0.15, -0.1) is 0 Å². The van der Waals surface area contributed by atoms with Crippen LogP contribution in [0.3, 0.4) is 0 Å². The molecule has 7 heterocycles. The van der Waals surface area contributed by atoms with Crippen LogP contribution >= 0.6 is 0 Å². The molecule has 2 saturated heterocycles. The van der Waals surface area contributed by atoms with Gasteiger partial charge in [0.15, 0.2) is 5.78 Å². The van der Waals surface area contributed by atoms with Gasteiger partial charge >= 0.3 is 28.1 Å². The Balaban J connectivity index is 0.000000134. The van der Waals surface area contributed by atoms with Gasteiger partial charge in [0.1, 0.15) is 63.3 Å². The predicted octanol–water partition coefficient (Wildman–Crippen LogP) is 24.6. The Hall–Kier alpha value is -11.2. The second-order valence-corrected chi connectivity index (χ2v) is 46.0. The molecule has 760 valence electrons. The minimum atomic E-state index is -0.485. The molecule has 0 spiro atoms. The van der Waals surface area contributed by atoms with Gasteiger partial charge in [0.25, 0.3) is 6.47 Å². The molecule has 10 aromatic rings. The third-order valence-electron chi connectivity index (χ3n) is 35.8. The van der Waals surface area contributed by atoms with Crippen LogP contribution in [0.25, 0.3) is 54.8 Å². The van der Waals surface area contributed by atoms with Crippen molar-refractivity contribution in [3.63, 3.8) is 0 Å². The summed E-state index contributed by atoms with van der Waals surface area (Å²) in [5, 5.41) is 36.1. The van der Waals surface area contributed by atoms with Gasteiger partial charge in [-0.2, -0.15) is 0 Å². The summed E-state index contributed by atoms with van der Waals surface area (Å²) in [6.07, 6.45) is 21.4. The van der Waals surface area contributed by atoms with Crippen molar-refractivity contribution >= 4 is 67.1 Å². The highest BCUT2D eigenvalue weighted by Crippen LogP contribution is 2.65. The molecule has 0 unspecified atom stereocenters. The van der Waals surface area contributed by atoms with E-state index in [-0.39, 0.29) is 108 Å². The molecule has 22 nitrogen and oxygen atoms in total. The van der Waals surface area contributed by atoms with Gasteiger partial charge in [-0.3, -0.25) is 9.59 Å². The van der Waals surface area contributed by atoms with Crippen LogP contribution in [0.5, 0.6) is 28.7 Å². The van der Waals surface area contributed by atoms with E-state index in [1.807, 2.05) is 81.4 Å². The molecule has 142 heavy (non-hydrogen) atoms. The number of carbonyl (C=O) groups excluding carboxylic acids is 2. The van der Waals surface area contributed by atoms with E-state index < -0.39 is 17.1 Å². The largest absolute Gasteiger partial charge is 0.493 e. The van der Waals surface area contributed by atoms with E-state index in [0.29, 0.717) is 139 Å². The molecular weight excluding hydrogens is 1790 g/mol. The Morgan fingerprint density at radius 1 is 0.444 bits per heavy atom. The first kappa shape index (κ1) is 105. The molecule has 19 rings (SSSR count). The molecule has 2 aliphatic heterocycles. The minimum absolute atomic E-state index is 0.0555. The van der Waals surface area contributed by atoms with Crippen molar-refractivity contribution in [1.29, 1.82) is 0 Å². The monoisotopic (exact) mass is 1940 g/mol. The molecule has 22 heteroatoms. The van der Waals surface area contributed by atoms with E-state index in [1.54, 1.807) is 66.7 Å². The summed E-state index contributed by atoms with van der Waals surface area (Å²) < 4.78 is 68.3. The van der Waals surface area contributed by atoms with Gasteiger partial charge in [0, 0.05) is 122 Å². The highest BCUT2D eigenvalue weighted by atomic mass is 16.5.